The van der Waals surface area contributed by atoms with Crippen molar-refractivity contribution < 1.29 is 32.9 Å². The van der Waals surface area contributed by atoms with E-state index in [1.54, 1.807) is 6.08 Å². The van der Waals surface area contributed by atoms with Crippen LogP contribution in [0.1, 0.15) is 129 Å². The summed E-state index contributed by atoms with van der Waals surface area (Å²) in [5, 5.41) is 13.5. The molecule has 0 saturated heterocycles. The van der Waals surface area contributed by atoms with Crippen molar-refractivity contribution in [3.63, 3.8) is 0 Å². The number of amides is 1. The molecule has 0 aromatic heterocycles. The van der Waals surface area contributed by atoms with Crippen molar-refractivity contribution >= 4 is 13.7 Å². The maximum atomic E-state index is 12.6. The van der Waals surface area contributed by atoms with E-state index in [4.69, 9.17) is 9.05 Å². The molecule has 0 aromatic carbocycles. The lowest BCUT2D eigenvalue weighted by Crippen LogP contribution is -2.45. The average molecular weight is 591 g/mol. The molecular formula is C31H63N2O6P. The van der Waals surface area contributed by atoms with Gasteiger partial charge in [-0.15, -0.1) is 0 Å². The predicted molar refractivity (Wildman–Crippen MR) is 164 cm³/mol. The van der Waals surface area contributed by atoms with Crippen LogP contribution >= 0.6 is 7.82 Å². The maximum absolute atomic E-state index is 12.6. The quantitative estimate of drug-likeness (QED) is 0.0457. The third kappa shape index (κ3) is 26.2. The topological polar surface area (TPSA) is 108 Å². The van der Waals surface area contributed by atoms with Crippen molar-refractivity contribution in [1.29, 1.82) is 0 Å². The molecule has 0 fully saturated rings. The number of rotatable bonds is 28. The lowest BCUT2D eigenvalue weighted by molar-refractivity contribution is -0.870. The first kappa shape index (κ1) is 39.2. The number of carbonyl (C=O) groups excluding carboxylic acids is 1. The van der Waals surface area contributed by atoms with Crippen LogP contribution in [-0.4, -0.2) is 68.5 Å². The van der Waals surface area contributed by atoms with E-state index in [9.17, 15) is 19.4 Å². The fraction of sp³-hybridized carbons (Fsp3) is 0.903. The van der Waals surface area contributed by atoms with E-state index in [2.05, 4.69) is 19.2 Å². The van der Waals surface area contributed by atoms with E-state index >= 15 is 0 Å². The number of quaternary nitrogens is 1. The van der Waals surface area contributed by atoms with Crippen molar-refractivity contribution in [2.24, 2.45) is 0 Å². The molecule has 0 aromatic rings. The fourth-order valence-corrected chi connectivity index (χ4v) is 5.05. The van der Waals surface area contributed by atoms with Gasteiger partial charge in [-0.3, -0.25) is 9.36 Å². The summed E-state index contributed by atoms with van der Waals surface area (Å²) >= 11 is 0. The number of nitrogens with one attached hydrogen (secondary N) is 1. The number of phosphoric ester groups is 1. The van der Waals surface area contributed by atoms with Crippen LogP contribution in [0.3, 0.4) is 0 Å². The summed E-state index contributed by atoms with van der Waals surface area (Å²) in [4.78, 5) is 24.9. The summed E-state index contributed by atoms with van der Waals surface area (Å²) in [6.45, 7) is 4.55. The number of aliphatic hydroxyl groups excluding tert-OH is 1. The molecular weight excluding hydrogens is 527 g/mol. The number of nitrogens with zero attached hydrogens (tertiary/aromatic N) is 1. The zero-order valence-corrected chi connectivity index (χ0v) is 27.4. The van der Waals surface area contributed by atoms with Crippen molar-refractivity contribution in [3.05, 3.63) is 12.2 Å². The molecule has 0 spiro atoms. The summed E-state index contributed by atoms with van der Waals surface area (Å²) in [5.74, 6) is -0.207. The minimum Gasteiger partial charge on any atom is -0.756 e. The van der Waals surface area contributed by atoms with Gasteiger partial charge in [-0.1, -0.05) is 116 Å². The SMILES string of the molecule is CCCCCCCCCC/C=C/C(O)C(COP(=O)([O-])OCC[N+](C)(C)C)NC(=O)CCCCCCCCCC. The molecule has 238 valence electrons. The largest absolute Gasteiger partial charge is 0.756 e. The Balaban J connectivity index is 4.67. The number of allylic oxidation sites excluding steroid dienone is 1. The molecule has 0 aliphatic heterocycles. The Morgan fingerprint density at radius 1 is 0.850 bits per heavy atom. The van der Waals surface area contributed by atoms with Crippen molar-refractivity contribution in [3.8, 4) is 0 Å². The second-order valence-corrected chi connectivity index (χ2v) is 13.6. The first-order valence-corrected chi connectivity index (χ1v) is 17.5. The van der Waals surface area contributed by atoms with Gasteiger partial charge in [0, 0.05) is 6.42 Å². The summed E-state index contributed by atoms with van der Waals surface area (Å²) in [6, 6.07) is -0.874. The van der Waals surface area contributed by atoms with Gasteiger partial charge < -0.3 is 28.8 Å². The predicted octanol–water partition coefficient (Wildman–Crippen LogP) is 6.66. The monoisotopic (exact) mass is 590 g/mol. The van der Waals surface area contributed by atoms with E-state index in [0.29, 0.717) is 17.4 Å². The van der Waals surface area contributed by atoms with Crippen molar-refractivity contribution in [2.45, 2.75) is 142 Å². The molecule has 0 rings (SSSR count). The smallest absolute Gasteiger partial charge is 0.268 e. The van der Waals surface area contributed by atoms with Crippen molar-refractivity contribution in [2.75, 3.05) is 40.9 Å². The Morgan fingerprint density at radius 2 is 1.35 bits per heavy atom. The Kier molecular flexibility index (Phi) is 24.3. The van der Waals surface area contributed by atoms with Crippen molar-refractivity contribution in [1.82, 2.24) is 5.32 Å². The lowest BCUT2D eigenvalue weighted by atomic mass is 10.1. The number of unbranched alkanes of at least 4 members (excludes halogenated alkanes) is 15. The third-order valence-corrected chi connectivity index (χ3v) is 7.96. The highest BCUT2D eigenvalue weighted by molar-refractivity contribution is 7.45. The normalized spacial score (nSPS) is 15.3. The van der Waals surface area contributed by atoms with Crippen LogP contribution in [0.15, 0.2) is 12.2 Å². The fourth-order valence-electron chi connectivity index (χ4n) is 4.33. The third-order valence-electron chi connectivity index (χ3n) is 7.00. The molecule has 0 bridgehead atoms. The highest BCUT2D eigenvalue weighted by Gasteiger charge is 2.23. The van der Waals surface area contributed by atoms with Gasteiger partial charge in [-0.05, 0) is 19.3 Å². The second kappa shape index (κ2) is 24.8. The van der Waals surface area contributed by atoms with E-state index < -0.39 is 20.0 Å². The molecule has 9 heteroatoms. The minimum atomic E-state index is -4.56. The Morgan fingerprint density at radius 3 is 1.88 bits per heavy atom. The van der Waals surface area contributed by atoms with Crippen LogP contribution in [0.5, 0.6) is 0 Å². The van der Waals surface area contributed by atoms with Gasteiger partial charge in [0.25, 0.3) is 7.82 Å². The Bertz CT molecular complexity index is 683. The van der Waals surface area contributed by atoms with Crippen LogP contribution in [0.4, 0.5) is 0 Å². The lowest BCUT2D eigenvalue weighted by Gasteiger charge is -2.29. The number of carbonyl (C=O) groups is 1. The van der Waals surface area contributed by atoms with Gasteiger partial charge in [-0.2, -0.15) is 0 Å². The number of aliphatic hydroxyl groups is 1. The average Bonchev–Trinajstić information content (AvgIpc) is 2.88. The summed E-state index contributed by atoms with van der Waals surface area (Å²) < 4.78 is 22.9. The van der Waals surface area contributed by atoms with Gasteiger partial charge in [0.15, 0.2) is 0 Å². The Hall–Kier alpha value is -0.760. The minimum absolute atomic E-state index is 0.000802. The zero-order valence-electron chi connectivity index (χ0n) is 26.5. The highest BCUT2D eigenvalue weighted by Crippen LogP contribution is 2.38. The molecule has 2 N–H and O–H groups in total. The molecule has 0 aliphatic rings. The summed E-state index contributed by atoms with van der Waals surface area (Å²) in [7, 11) is 1.26. The molecule has 3 unspecified atom stereocenters. The van der Waals surface area contributed by atoms with Crippen LogP contribution in [-0.2, 0) is 18.4 Å². The summed E-state index contributed by atoms with van der Waals surface area (Å²) in [6.07, 6.45) is 22.6. The van der Waals surface area contributed by atoms with Crippen LogP contribution < -0.4 is 10.2 Å². The molecule has 3 atom stereocenters. The van der Waals surface area contributed by atoms with Crippen LogP contribution in [0.25, 0.3) is 0 Å². The summed E-state index contributed by atoms with van der Waals surface area (Å²) in [5.41, 5.74) is 0. The van der Waals surface area contributed by atoms with E-state index in [1.165, 1.54) is 70.6 Å². The maximum Gasteiger partial charge on any atom is 0.268 e. The molecule has 1 amide bonds. The molecule has 8 nitrogen and oxygen atoms in total. The highest BCUT2D eigenvalue weighted by atomic mass is 31.2. The van der Waals surface area contributed by atoms with Gasteiger partial charge in [-0.25, -0.2) is 0 Å². The van der Waals surface area contributed by atoms with Gasteiger partial charge in [0.05, 0.1) is 39.9 Å². The molecule has 0 aliphatic carbocycles. The number of hydrogen-bond donors (Lipinski definition) is 2. The van der Waals surface area contributed by atoms with Crippen LogP contribution in [0.2, 0.25) is 0 Å². The van der Waals surface area contributed by atoms with E-state index in [-0.39, 0.29) is 19.1 Å². The number of phosphoric acid groups is 1. The number of likely N-dealkylation sites (N-methyl/N-ethyl adjacent to an activating group) is 1. The standard InChI is InChI=1S/C31H63N2O6P/c1-6-8-10-12-14-16-17-18-20-22-24-30(34)29(28-39-40(36,37)38-27-26-33(3,4)5)32-31(35)25-23-21-19-15-13-11-9-7-2/h22,24,29-30,34H,6-21,23,25-28H2,1-5H3,(H-,32,35,36,37)/b24-22+. The first-order valence-electron chi connectivity index (χ1n) is 16.1. The van der Waals surface area contributed by atoms with E-state index in [0.717, 1.165) is 38.5 Å². The van der Waals surface area contributed by atoms with Gasteiger partial charge >= 0.3 is 0 Å². The molecule has 0 heterocycles. The number of hydrogen-bond acceptors (Lipinski definition) is 6. The van der Waals surface area contributed by atoms with Crippen LogP contribution in [0, 0.1) is 0 Å². The van der Waals surface area contributed by atoms with E-state index in [1.807, 2.05) is 27.2 Å². The molecule has 0 saturated carbocycles. The molecule has 40 heavy (non-hydrogen) atoms. The first-order chi connectivity index (χ1) is 19.0. The van der Waals surface area contributed by atoms with Gasteiger partial charge in [0.2, 0.25) is 5.91 Å². The molecule has 0 radical (unpaired) electrons. The second-order valence-electron chi connectivity index (χ2n) is 12.2. The zero-order chi connectivity index (χ0) is 30.1. The Labute approximate surface area is 246 Å². The van der Waals surface area contributed by atoms with Gasteiger partial charge in [0.1, 0.15) is 13.2 Å².